The summed E-state index contributed by atoms with van der Waals surface area (Å²) < 4.78 is 12.4. The van der Waals surface area contributed by atoms with E-state index in [0.717, 1.165) is 17.1 Å². The summed E-state index contributed by atoms with van der Waals surface area (Å²) in [6, 6.07) is 9.81. The molecule has 9 nitrogen and oxygen atoms in total. The number of benzene rings is 1. The first kappa shape index (κ1) is 24.8. The van der Waals surface area contributed by atoms with Crippen LogP contribution in [0.15, 0.2) is 41.5 Å². The molecular weight excluding hydrogens is 511 g/mol. The standard InChI is InChI=1S/C21H30N6O3.HI/c1-21(2,3)30-20(28)26-13-16(14-26)24-19(22-4)23-12-15-10-11-27(25-15)17-6-8-18(29-5)9-7-17;/h6-11,16H,12-14H2,1-5H3,(H2,22,23,24);1H. The number of methoxy groups -OCH3 is 1. The Morgan fingerprint density at radius 2 is 1.90 bits per heavy atom. The van der Waals surface area contributed by atoms with E-state index >= 15 is 0 Å². The van der Waals surface area contributed by atoms with Crippen molar-refractivity contribution in [1.29, 1.82) is 0 Å². The molecule has 1 aromatic heterocycles. The number of carbonyl (C=O) groups excluding carboxylic acids is 1. The summed E-state index contributed by atoms with van der Waals surface area (Å²) in [6.45, 7) is 7.29. The van der Waals surface area contributed by atoms with Gasteiger partial charge in [0.25, 0.3) is 0 Å². The highest BCUT2D eigenvalue weighted by atomic mass is 127. The molecule has 10 heteroatoms. The molecule has 1 amide bonds. The molecular formula is C21H31IN6O3. The first-order valence-electron chi connectivity index (χ1n) is 9.91. The molecule has 31 heavy (non-hydrogen) atoms. The van der Waals surface area contributed by atoms with Gasteiger partial charge in [-0.1, -0.05) is 0 Å². The number of carbonyl (C=O) groups is 1. The molecule has 0 aliphatic carbocycles. The predicted molar refractivity (Wildman–Crippen MR) is 130 cm³/mol. The number of hydrogen-bond acceptors (Lipinski definition) is 5. The zero-order chi connectivity index (χ0) is 21.7. The molecule has 0 unspecified atom stereocenters. The maximum atomic E-state index is 12.0. The van der Waals surface area contributed by atoms with Crippen molar-refractivity contribution in [2.45, 2.75) is 39.0 Å². The number of hydrogen-bond donors (Lipinski definition) is 2. The molecule has 170 valence electrons. The number of guanidine groups is 1. The Kier molecular flexibility index (Phi) is 8.54. The van der Waals surface area contributed by atoms with E-state index in [9.17, 15) is 4.79 Å². The highest BCUT2D eigenvalue weighted by Gasteiger charge is 2.34. The number of nitrogens with zero attached hydrogens (tertiary/aromatic N) is 4. The lowest BCUT2D eigenvalue weighted by atomic mass is 10.1. The zero-order valence-corrected chi connectivity index (χ0v) is 20.9. The average Bonchev–Trinajstić information content (AvgIpc) is 3.14. The summed E-state index contributed by atoms with van der Waals surface area (Å²) in [7, 11) is 3.36. The van der Waals surface area contributed by atoms with E-state index in [0.29, 0.717) is 25.6 Å². The topological polar surface area (TPSA) is 93.0 Å². The van der Waals surface area contributed by atoms with Crippen LogP contribution in [0.5, 0.6) is 5.75 Å². The number of rotatable bonds is 5. The second-order valence-corrected chi connectivity index (χ2v) is 8.10. The Morgan fingerprint density at radius 3 is 2.48 bits per heavy atom. The number of amides is 1. The summed E-state index contributed by atoms with van der Waals surface area (Å²) in [5.41, 5.74) is 1.36. The van der Waals surface area contributed by atoms with Gasteiger partial charge in [-0.3, -0.25) is 4.99 Å². The minimum atomic E-state index is -0.484. The third kappa shape index (κ3) is 7.01. The lowest BCUT2D eigenvalue weighted by Gasteiger charge is -2.40. The average molecular weight is 542 g/mol. The second-order valence-electron chi connectivity index (χ2n) is 8.10. The molecule has 0 spiro atoms. The quantitative estimate of drug-likeness (QED) is 0.343. The fraction of sp³-hybridized carbons (Fsp3) is 0.476. The van der Waals surface area contributed by atoms with E-state index < -0.39 is 5.60 Å². The number of aliphatic imine (C=N–C) groups is 1. The van der Waals surface area contributed by atoms with Crippen LogP contribution in [0, 0.1) is 0 Å². The first-order valence-corrected chi connectivity index (χ1v) is 9.91. The van der Waals surface area contributed by atoms with E-state index in [1.165, 1.54) is 0 Å². The highest BCUT2D eigenvalue weighted by molar-refractivity contribution is 14.0. The molecule has 1 saturated heterocycles. The van der Waals surface area contributed by atoms with E-state index in [1.54, 1.807) is 19.1 Å². The van der Waals surface area contributed by atoms with Gasteiger partial charge in [0, 0.05) is 26.3 Å². The van der Waals surface area contributed by atoms with Crippen LogP contribution in [0.4, 0.5) is 4.79 Å². The second kappa shape index (κ2) is 10.7. The summed E-state index contributed by atoms with van der Waals surface area (Å²) in [6.07, 6.45) is 1.63. The number of ether oxygens (including phenoxy) is 2. The largest absolute Gasteiger partial charge is 0.497 e. The Hall–Kier alpha value is -2.50. The maximum absolute atomic E-state index is 12.0. The van der Waals surface area contributed by atoms with Gasteiger partial charge in [-0.2, -0.15) is 5.10 Å². The molecule has 2 aromatic rings. The Bertz CT molecular complexity index is 885. The molecule has 1 aliphatic rings. The fourth-order valence-electron chi connectivity index (χ4n) is 2.94. The fourth-order valence-corrected chi connectivity index (χ4v) is 2.94. The number of likely N-dealkylation sites (tertiary alicyclic amines) is 1. The normalized spacial score (nSPS) is 14.4. The SMILES string of the molecule is CN=C(NCc1ccn(-c2ccc(OC)cc2)n1)NC1CN(C(=O)OC(C)(C)C)C1.I. The van der Waals surface area contributed by atoms with Crippen molar-refractivity contribution >= 4 is 36.0 Å². The van der Waals surface area contributed by atoms with Gasteiger partial charge >= 0.3 is 6.09 Å². The summed E-state index contributed by atoms with van der Waals surface area (Å²) >= 11 is 0. The Morgan fingerprint density at radius 1 is 1.23 bits per heavy atom. The van der Waals surface area contributed by atoms with Crippen molar-refractivity contribution in [1.82, 2.24) is 25.3 Å². The van der Waals surface area contributed by atoms with Crippen LogP contribution in [0.3, 0.4) is 0 Å². The van der Waals surface area contributed by atoms with E-state index in [-0.39, 0.29) is 36.1 Å². The molecule has 2 N–H and O–H groups in total. The predicted octanol–water partition coefficient (Wildman–Crippen LogP) is 2.78. The van der Waals surface area contributed by atoms with Crippen LogP contribution in [-0.4, -0.2) is 65.6 Å². The molecule has 0 radical (unpaired) electrons. The van der Waals surface area contributed by atoms with Crippen molar-refractivity contribution in [3.05, 3.63) is 42.2 Å². The van der Waals surface area contributed by atoms with Crippen molar-refractivity contribution in [3.8, 4) is 11.4 Å². The minimum Gasteiger partial charge on any atom is -0.497 e. The van der Waals surface area contributed by atoms with Crippen molar-refractivity contribution < 1.29 is 14.3 Å². The van der Waals surface area contributed by atoms with Crippen LogP contribution in [0.25, 0.3) is 5.69 Å². The summed E-state index contributed by atoms with van der Waals surface area (Å²) in [5.74, 6) is 1.48. The van der Waals surface area contributed by atoms with E-state index in [1.807, 2.05) is 62.0 Å². The van der Waals surface area contributed by atoms with Crippen molar-refractivity contribution in [3.63, 3.8) is 0 Å². The van der Waals surface area contributed by atoms with E-state index in [4.69, 9.17) is 9.47 Å². The van der Waals surface area contributed by atoms with Gasteiger partial charge in [0.1, 0.15) is 11.4 Å². The number of aromatic nitrogens is 2. The van der Waals surface area contributed by atoms with Gasteiger partial charge in [-0.25, -0.2) is 9.48 Å². The minimum absolute atomic E-state index is 0. The van der Waals surface area contributed by atoms with Gasteiger partial charge in [0.05, 0.1) is 31.1 Å². The van der Waals surface area contributed by atoms with Gasteiger partial charge < -0.3 is 25.0 Å². The first-order chi connectivity index (χ1) is 14.3. The molecule has 0 atom stereocenters. The van der Waals surface area contributed by atoms with Gasteiger partial charge in [-0.15, -0.1) is 24.0 Å². The van der Waals surface area contributed by atoms with Crippen LogP contribution in [0.1, 0.15) is 26.5 Å². The summed E-state index contributed by atoms with van der Waals surface area (Å²) in [4.78, 5) is 17.9. The number of nitrogens with one attached hydrogen (secondary N) is 2. The van der Waals surface area contributed by atoms with Gasteiger partial charge in [0.2, 0.25) is 0 Å². The molecule has 1 aliphatic heterocycles. The third-order valence-electron chi connectivity index (χ3n) is 4.52. The lowest BCUT2D eigenvalue weighted by Crippen LogP contribution is -2.63. The molecule has 1 fully saturated rings. The van der Waals surface area contributed by atoms with Gasteiger partial charge in [0.15, 0.2) is 5.96 Å². The number of halogens is 1. The zero-order valence-electron chi connectivity index (χ0n) is 18.6. The Labute approximate surface area is 200 Å². The van der Waals surface area contributed by atoms with Gasteiger partial charge in [-0.05, 0) is 51.1 Å². The van der Waals surface area contributed by atoms with Crippen LogP contribution in [-0.2, 0) is 11.3 Å². The molecule has 2 heterocycles. The highest BCUT2D eigenvalue weighted by Crippen LogP contribution is 2.16. The van der Waals surface area contributed by atoms with Crippen LogP contribution in [0.2, 0.25) is 0 Å². The molecule has 0 saturated carbocycles. The lowest BCUT2D eigenvalue weighted by molar-refractivity contribution is 0.00701. The van der Waals surface area contributed by atoms with Crippen molar-refractivity contribution in [2.24, 2.45) is 4.99 Å². The molecule has 3 rings (SSSR count). The van der Waals surface area contributed by atoms with Crippen molar-refractivity contribution in [2.75, 3.05) is 27.2 Å². The van der Waals surface area contributed by atoms with Crippen LogP contribution >= 0.6 is 24.0 Å². The Balaban J connectivity index is 0.00000341. The van der Waals surface area contributed by atoms with E-state index in [2.05, 4.69) is 20.7 Å². The monoisotopic (exact) mass is 542 g/mol. The molecule has 1 aromatic carbocycles. The maximum Gasteiger partial charge on any atom is 0.410 e. The molecule has 0 bridgehead atoms. The summed E-state index contributed by atoms with van der Waals surface area (Å²) in [5, 5.41) is 11.2. The third-order valence-corrected chi connectivity index (χ3v) is 4.52. The van der Waals surface area contributed by atoms with Crippen LogP contribution < -0.4 is 15.4 Å². The smallest absolute Gasteiger partial charge is 0.410 e.